The standard InChI is InChI=1S/C17H23ClN2O3/c1-2-23-17(22)14-7-9-20(10-8-14)12-16(21)19-11-13-3-5-15(18)6-4-13/h3-6,14H,2,7-12H2,1H3,(H,19,21). The number of hydrogen-bond donors (Lipinski definition) is 1. The molecule has 0 radical (unpaired) electrons. The number of likely N-dealkylation sites (tertiary alicyclic amines) is 1. The largest absolute Gasteiger partial charge is 0.466 e. The second-order valence-corrected chi connectivity index (χ2v) is 6.14. The molecular formula is C17H23ClN2O3. The number of rotatable bonds is 6. The maximum atomic E-state index is 12.0. The number of nitrogens with zero attached hydrogens (tertiary/aromatic N) is 1. The summed E-state index contributed by atoms with van der Waals surface area (Å²) in [4.78, 5) is 25.8. The van der Waals surface area contributed by atoms with Crippen LogP contribution in [0.1, 0.15) is 25.3 Å². The smallest absolute Gasteiger partial charge is 0.309 e. The van der Waals surface area contributed by atoms with Gasteiger partial charge in [0.1, 0.15) is 0 Å². The summed E-state index contributed by atoms with van der Waals surface area (Å²) in [6.45, 7) is 4.60. The number of ether oxygens (including phenoxy) is 1. The van der Waals surface area contributed by atoms with Gasteiger partial charge in [0.2, 0.25) is 5.91 Å². The van der Waals surface area contributed by atoms with E-state index in [1.807, 2.05) is 31.2 Å². The summed E-state index contributed by atoms with van der Waals surface area (Å²) in [6.07, 6.45) is 1.51. The van der Waals surface area contributed by atoms with Gasteiger partial charge in [0.05, 0.1) is 19.1 Å². The van der Waals surface area contributed by atoms with E-state index in [1.165, 1.54) is 0 Å². The fourth-order valence-corrected chi connectivity index (χ4v) is 2.77. The predicted octanol–water partition coefficient (Wildman–Crippen LogP) is 2.23. The topological polar surface area (TPSA) is 58.6 Å². The van der Waals surface area contributed by atoms with Gasteiger partial charge in [0.25, 0.3) is 0 Å². The number of carbonyl (C=O) groups is 2. The minimum absolute atomic E-state index is 0.00506. The minimum Gasteiger partial charge on any atom is -0.466 e. The van der Waals surface area contributed by atoms with Gasteiger partial charge in [-0.1, -0.05) is 23.7 Å². The molecule has 1 aromatic rings. The highest BCUT2D eigenvalue weighted by Crippen LogP contribution is 2.18. The lowest BCUT2D eigenvalue weighted by Crippen LogP contribution is -2.42. The molecule has 0 atom stereocenters. The number of nitrogens with one attached hydrogen (secondary N) is 1. The van der Waals surface area contributed by atoms with E-state index in [1.54, 1.807) is 0 Å². The number of esters is 1. The van der Waals surface area contributed by atoms with Crippen LogP contribution in [0, 0.1) is 5.92 Å². The molecule has 23 heavy (non-hydrogen) atoms. The van der Waals surface area contributed by atoms with Crippen LogP contribution in [0.2, 0.25) is 5.02 Å². The second kappa shape index (κ2) is 8.89. The Bertz CT molecular complexity index is 525. The lowest BCUT2D eigenvalue weighted by Gasteiger charge is -2.30. The van der Waals surface area contributed by atoms with Gasteiger partial charge in [-0.2, -0.15) is 0 Å². The van der Waals surface area contributed by atoms with Crippen molar-refractivity contribution in [3.8, 4) is 0 Å². The van der Waals surface area contributed by atoms with Crippen molar-refractivity contribution in [3.63, 3.8) is 0 Å². The van der Waals surface area contributed by atoms with E-state index >= 15 is 0 Å². The van der Waals surface area contributed by atoms with Gasteiger partial charge in [-0.3, -0.25) is 14.5 Å². The summed E-state index contributed by atoms with van der Waals surface area (Å²) in [7, 11) is 0. The molecule has 126 valence electrons. The molecule has 0 aromatic heterocycles. The highest BCUT2D eigenvalue weighted by atomic mass is 35.5. The average molecular weight is 339 g/mol. The summed E-state index contributed by atoms with van der Waals surface area (Å²) in [5, 5.41) is 3.59. The first-order valence-electron chi connectivity index (χ1n) is 7.98. The Balaban J connectivity index is 1.68. The van der Waals surface area contributed by atoms with Crippen molar-refractivity contribution in [2.24, 2.45) is 5.92 Å². The van der Waals surface area contributed by atoms with Gasteiger partial charge >= 0.3 is 5.97 Å². The normalized spacial score (nSPS) is 16.1. The molecule has 1 fully saturated rings. The van der Waals surface area contributed by atoms with Gasteiger partial charge in [-0.05, 0) is 50.6 Å². The van der Waals surface area contributed by atoms with Gasteiger partial charge < -0.3 is 10.1 Å². The summed E-state index contributed by atoms with van der Waals surface area (Å²) >= 11 is 5.83. The maximum absolute atomic E-state index is 12.0. The molecule has 1 saturated heterocycles. The first kappa shape index (κ1) is 17.8. The fraction of sp³-hybridized carbons (Fsp3) is 0.529. The summed E-state index contributed by atoms with van der Waals surface area (Å²) in [6, 6.07) is 7.41. The zero-order valence-corrected chi connectivity index (χ0v) is 14.1. The lowest BCUT2D eigenvalue weighted by molar-refractivity contribution is -0.149. The number of hydrogen-bond acceptors (Lipinski definition) is 4. The third kappa shape index (κ3) is 5.84. The Kier molecular flexibility index (Phi) is 6.86. The van der Waals surface area contributed by atoms with Crippen molar-refractivity contribution >= 4 is 23.5 Å². The first-order chi connectivity index (χ1) is 11.1. The third-order valence-corrected chi connectivity index (χ3v) is 4.23. The molecule has 1 heterocycles. The molecule has 1 aliphatic rings. The third-order valence-electron chi connectivity index (χ3n) is 3.98. The quantitative estimate of drug-likeness (QED) is 0.808. The number of benzene rings is 1. The van der Waals surface area contributed by atoms with Crippen LogP contribution in [-0.2, 0) is 20.9 Å². The Morgan fingerprint density at radius 2 is 1.91 bits per heavy atom. The molecule has 0 unspecified atom stereocenters. The van der Waals surface area contributed by atoms with E-state index in [-0.39, 0.29) is 17.8 Å². The lowest BCUT2D eigenvalue weighted by atomic mass is 9.97. The van der Waals surface area contributed by atoms with Crippen molar-refractivity contribution in [2.45, 2.75) is 26.3 Å². The van der Waals surface area contributed by atoms with Gasteiger partial charge in [-0.15, -0.1) is 0 Å². The Morgan fingerprint density at radius 1 is 1.26 bits per heavy atom. The molecule has 6 heteroatoms. The molecule has 0 bridgehead atoms. The molecule has 0 spiro atoms. The van der Waals surface area contributed by atoms with Crippen LogP contribution in [0.3, 0.4) is 0 Å². The molecule has 0 aliphatic carbocycles. The molecule has 2 rings (SSSR count). The predicted molar refractivity (Wildman–Crippen MR) is 89.1 cm³/mol. The van der Waals surface area contributed by atoms with Crippen LogP contribution in [0.25, 0.3) is 0 Å². The Labute approximate surface area is 141 Å². The molecule has 0 saturated carbocycles. The van der Waals surface area contributed by atoms with Gasteiger partial charge in [-0.25, -0.2) is 0 Å². The van der Waals surface area contributed by atoms with Crippen LogP contribution < -0.4 is 5.32 Å². The van der Waals surface area contributed by atoms with E-state index in [2.05, 4.69) is 10.2 Å². The first-order valence-corrected chi connectivity index (χ1v) is 8.36. The van der Waals surface area contributed by atoms with Gasteiger partial charge in [0, 0.05) is 11.6 Å². The van der Waals surface area contributed by atoms with Crippen molar-refractivity contribution in [3.05, 3.63) is 34.9 Å². The van der Waals surface area contributed by atoms with E-state index in [0.717, 1.165) is 31.5 Å². The van der Waals surface area contributed by atoms with Gasteiger partial charge in [0.15, 0.2) is 0 Å². The van der Waals surface area contributed by atoms with E-state index < -0.39 is 0 Å². The zero-order chi connectivity index (χ0) is 16.7. The van der Waals surface area contributed by atoms with E-state index in [9.17, 15) is 9.59 Å². The van der Waals surface area contributed by atoms with Crippen molar-refractivity contribution < 1.29 is 14.3 Å². The van der Waals surface area contributed by atoms with Crippen LogP contribution in [0.4, 0.5) is 0 Å². The molecule has 1 amide bonds. The molecule has 1 aromatic carbocycles. The number of carbonyl (C=O) groups excluding carboxylic acids is 2. The highest BCUT2D eigenvalue weighted by Gasteiger charge is 2.26. The van der Waals surface area contributed by atoms with Crippen LogP contribution in [0.5, 0.6) is 0 Å². The van der Waals surface area contributed by atoms with Crippen LogP contribution >= 0.6 is 11.6 Å². The maximum Gasteiger partial charge on any atom is 0.309 e. The van der Waals surface area contributed by atoms with Crippen molar-refractivity contribution in [1.29, 1.82) is 0 Å². The van der Waals surface area contributed by atoms with Crippen LogP contribution in [0.15, 0.2) is 24.3 Å². The molecule has 1 N–H and O–H groups in total. The Morgan fingerprint density at radius 3 is 2.52 bits per heavy atom. The monoisotopic (exact) mass is 338 g/mol. The minimum atomic E-state index is -0.112. The summed E-state index contributed by atoms with van der Waals surface area (Å²) in [5.74, 6) is -0.141. The highest BCUT2D eigenvalue weighted by molar-refractivity contribution is 6.30. The fourth-order valence-electron chi connectivity index (χ4n) is 2.65. The zero-order valence-electron chi connectivity index (χ0n) is 13.4. The summed E-state index contributed by atoms with van der Waals surface area (Å²) < 4.78 is 5.05. The SMILES string of the molecule is CCOC(=O)C1CCN(CC(=O)NCc2ccc(Cl)cc2)CC1. The Hall–Kier alpha value is -1.59. The van der Waals surface area contributed by atoms with Crippen molar-refractivity contribution in [1.82, 2.24) is 10.2 Å². The number of halogens is 1. The molecule has 5 nitrogen and oxygen atoms in total. The number of piperidine rings is 1. The average Bonchev–Trinajstić information content (AvgIpc) is 2.55. The van der Waals surface area contributed by atoms with Crippen molar-refractivity contribution in [2.75, 3.05) is 26.2 Å². The molecule has 1 aliphatic heterocycles. The molecular weight excluding hydrogens is 316 g/mol. The number of amides is 1. The second-order valence-electron chi connectivity index (χ2n) is 5.71. The van der Waals surface area contributed by atoms with E-state index in [4.69, 9.17) is 16.3 Å². The van der Waals surface area contributed by atoms with Crippen LogP contribution in [-0.4, -0.2) is 43.0 Å². The summed E-state index contributed by atoms with van der Waals surface area (Å²) in [5.41, 5.74) is 1.02. The van der Waals surface area contributed by atoms with E-state index in [0.29, 0.717) is 24.7 Å².